The summed E-state index contributed by atoms with van der Waals surface area (Å²) in [6.07, 6.45) is 1.48. The number of anilines is 1. The highest BCUT2D eigenvalue weighted by Crippen LogP contribution is 2.29. The van der Waals surface area contributed by atoms with Crippen molar-refractivity contribution >= 4 is 50.0 Å². The second-order valence-electron chi connectivity index (χ2n) is 8.45. The van der Waals surface area contributed by atoms with Crippen LogP contribution in [0.25, 0.3) is 10.2 Å². The van der Waals surface area contributed by atoms with Gasteiger partial charge in [0.1, 0.15) is 21.8 Å². The molecule has 10 heteroatoms. The predicted octanol–water partition coefficient (Wildman–Crippen LogP) is 4.54. The Morgan fingerprint density at radius 1 is 1.14 bits per heavy atom. The fraction of sp³-hybridized carbons (Fsp3) is 0.222. The first-order valence-corrected chi connectivity index (χ1v) is 13.7. The van der Waals surface area contributed by atoms with Crippen molar-refractivity contribution < 1.29 is 13.7 Å². The van der Waals surface area contributed by atoms with Crippen molar-refractivity contribution in [3.8, 4) is 0 Å². The largest absolute Gasteiger partial charge is 0.385 e. The van der Waals surface area contributed by atoms with Gasteiger partial charge in [-0.05, 0) is 54.8 Å². The van der Waals surface area contributed by atoms with Crippen LogP contribution < -0.4 is 15.8 Å². The van der Waals surface area contributed by atoms with E-state index in [1.165, 1.54) is 0 Å². The summed E-state index contributed by atoms with van der Waals surface area (Å²) in [4.78, 5) is 17.5. The number of amides is 1. The number of hydrogen-bond acceptors (Lipinski definition) is 6. The van der Waals surface area contributed by atoms with E-state index < -0.39 is 11.0 Å². The number of nitrogens with zero attached hydrogens (tertiary/aromatic N) is 1. The third-order valence-corrected chi connectivity index (χ3v) is 7.95. The second-order valence-corrected chi connectivity index (χ2v) is 10.8. The first-order valence-electron chi connectivity index (χ1n) is 11.8. The molecule has 0 radical (unpaired) electrons. The Morgan fingerprint density at radius 2 is 1.95 bits per heavy atom. The first kappa shape index (κ1) is 26.6. The van der Waals surface area contributed by atoms with Crippen molar-refractivity contribution in [3.05, 3.63) is 88.9 Å². The van der Waals surface area contributed by atoms with Gasteiger partial charge in [0.15, 0.2) is 0 Å². The molecule has 0 bridgehead atoms. The number of ether oxygens (including phenoxy) is 1. The number of rotatable bonds is 12. The van der Waals surface area contributed by atoms with Gasteiger partial charge in [-0.2, -0.15) is 0 Å². The summed E-state index contributed by atoms with van der Waals surface area (Å²) < 4.78 is 22.7. The molecule has 2 unspecified atom stereocenters. The van der Waals surface area contributed by atoms with Crippen LogP contribution in [0.5, 0.6) is 0 Å². The van der Waals surface area contributed by atoms with Gasteiger partial charge in [-0.1, -0.05) is 36.4 Å². The van der Waals surface area contributed by atoms with E-state index in [9.17, 15) is 9.00 Å². The summed E-state index contributed by atoms with van der Waals surface area (Å²) in [7, 11) is 0.0256. The molecule has 0 saturated carbocycles. The molecule has 8 nitrogen and oxygen atoms in total. The zero-order valence-electron chi connectivity index (χ0n) is 20.4. The summed E-state index contributed by atoms with van der Waals surface area (Å²) in [5.74, 6) is -0.123. The first-order chi connectivity index (χ1) is 17.9. The van der Waals surface area contributed by atoms with Crippen molar-refractivity contribution in [2.75, 3.05) is 19.0 Å². The van der Waals surface area contributed by atoms with Gasteiger partial charge in [0.05, 0.1) is 21.2 Å². The highest BCUT2D eigenvalue weighted by atomic mass is 32.2. The minimum absolute atomic E-state index is 0.00370. The van der Waals surface area contributed by atoms with Gasteiger partial charge in [0.2, 0.25) is 5.91 Å². The lowest BCUT2D eigenvalue weighted by Gasteiger charge is -2.17. The molecule has 4 aromatic rings. The molecule has 37 heavy (non-hydrogen) atoms. The summed E-state index contributed by atoms with van der Waals surface area (Å²) in [5, 5.41) is 11.4. The quantitative estimate of drug-likeness (QED) is 0.120. The van der Waals surface area contributed by atoms with Crippen LogP contribution in [0.15, 0.2) is 77.7 Å². The fourth-order valence-corrected chi connectivity index (χ4v) is 5.93. The third kappa shape index (κ3) is 7.30. The number of hydrogen-bond donors (Lipinski definition) is 4. The van der Waals surface area contributed by atoms with Crippen LogP contribution >= 0.6 is 11.3 Å². The maximum absolute atomic E-state index is 13.5. The third-order valence-electron chi connectivity index (χ3n) is 5.62. The average Bonchev–Trinajstić information content (AvgIpc) is 3.33. The number of benzene rings is 3. The van der Waals surface area contributed by atoms with E-state index in [0.29, 0.717) is 42.0 Å². The molecule has 5 N–H and O–H groups in total. The Labute approximate surface area is 222 Å². The highest BCUT2D eigenvalue weighted by Gasteiger charge is 2.21. The molecule has 192 valence electrons. The van der Waals surface area contributed by atoms with Crippen molar-refractivity contribution in [2.45, 2.75) is 30.2 Å². The number of methoxy groups -OCH3 is 1. The highest BCUT2D eigenvalue weighted by molar-refractivity contribution is 7.83. The lowest BCUT2D eigenvalue weighted by atomic mass is 10.0. The van der Waals surface area contributed by atoms with Crippen LogP contribution in [0.1, 0.15) is 35.0 Å². The number of carbonyl (C=O) groups is 1. The van der Waals surface area contributed by atoms with Crippen LogP contribution in [-0.2, 0) is 26.9 Å². The molecular weight excluding hydrogens is 506 g/mol. The number of thiazole rings is 1. The Hall–Kier alpha value is -3.44. The van der Waals surface area contributed by atoms with Crippen molar-refractivity contribution in [1.82, 2.24) is 9.71 Å². The van der Waals surface area contributed by atoms with E-state index in [0.717, 1.165) is 20.8 Å². The number of carbonyl (C=O) groups excluding carboxylic acids is 1. The molecule has 4 rings (SSSR count). The summed E-state index contributed by atoms with van der Waals surface area (Å²) in [6, 6.07) is 22.0. The van der Waals surface area contributed by atoms with Crippen LogP contribution in [0.2, 0.25) is 0 Å². The zero-order chi connectivity index (χ0) is 26.2. The standard InChI is InChI=1S/C27H29N5O3S2/c1-35-14-6-13-25(33)30-20-9-5-10-21(17-20)37(34)32-23(16-18-7-4-8-19(15-18)26(28)29)27-31-22-11-2-3-12-24(22)36-27/h2-5,7-12,15,17,23,32H,6,13-14,16H2,1H3,(H3,28,29)(H,30,33). The topological polar surface area (TPSA) is 130 Å². The van der Waals surface area contributed by atoms with Gasteiger partial charge in [-0.3, -0.25) is 10.2 Å². The zero-order valence-corrected chi connectivity index (χ0v) is 22.0. The van der Waals surface area contributed by atoms with Gasteiger partial charge in [-0.15, -0.1) is 11.3 Å². The molecular formula is C27H29N5O3S2. The second kappa shape index (κ2) is 12.7. The molecule has 0 fully saturated rings. The van der Waals surface area contributed by atoms with Crippen LogP contribution in [0.3, 0.4) is 0 Å². The van der Waals surface area contributed by atoms with E-state index >= 15 is 0 Å². The molecule has 1 amide bonds. The minimum Gasteiger partial charge on any atom is -0.385 e. The molecule has 0 saturated heterocycles. The van der Waals surface area contributed by atoms with Gasteiger partial charge in [0, 0.05) is 31.4 Å². The Bertz CT molecular complexity index is 1390. The number of para-hydroxylation sites is 1. The number of nitrogen functional groups attached to an aromatic ring is 1. The number of nitrogens with one attached hydrogen (secondary N) is 3. The average molecular weight is 536 g/mol. The number of nitrogens with two attached hydrogens (primary N) is 1. The molecule has 3 aromatic carbocycles. The van der Waals surface area contributed by atoms with Gasteiger partial charge in [0.25, 0.3) is 0 Å². The van der Waals surface area contributed by atoms with Crippen molar-refractivity contribution in [2.24, 2.45) is 5.73 Å². The van der Waals surface area contributed by atoms with E-state index in [4.69, 9.17) is 20.9 Å². The molecule has 0 aliphatic rings. The van der Waals surface area contributed by atoms with Crippen molar-refractivity contribution in [1.29, 1.82) is 5.41 Å². The van der Waals surface area contributed by atoms with E-state index in [1.807, 2.05) is 42.5 Å². The maximum atomic E-state index is 13.5. The van der Waals surface area contributed by atoms with E-state index in [2.05, 4.69) is 10.0 Å². The summed E-state index contributed by atoms with van der Waals surface area (Å²) >= 11 is 1.55. The SMILES string of the molecule is COCCCC(=O)Nc1cccc(S(=O)NC(Cc2cccc(C(=N)N)c2)c2nc3ccccc3s2)c1. The molecule has 1 aromatic heterocycles. The Morgan fingerprint density at radius 3 is 2.73 bits per heavy atom. The molecule has 1 heterocycles. The Balaban J connectivity index is 1.56. The summed E-state index contributed by atoms with van der Waals surface area (Å²) in [6.45, 7) is 0.518. The number of aromatic nitrogens is 1. The van der Waals surface area contributed by atoms with Gasteiger partial charge < -0.3 is 15.8 Å². The molecule has 2 atom stereocenters. The molecule has 0 spiro atoms. The lowest BCUT2D eigenvalue weighted by molar-refractivity contribution is -0.116. The predicted molar refractivity (Wildman–Crippen MR) is 149 cm³/mol. The van der Waals surface area contributed by atoms with E-state index in [1.54, 1.807) is 48.8 Å². The monoisotopic (exact) mass is 535 g/mol. The lowest BCUT2D eigenvalue weighted by Crippen LogP contribution is -2.26. The van der Waals surface area contributed by atoms with Crippen LogP contribution in [0, 0.1) is 5.41 Å². The number of fused-ring (bicyclic) bond motifs is 1. The minimum atomic E-state index is -1.58. The normalized spacial score (nSPS) is 12.8. The van der Waals surface area contributed by atoms with Gasteiger partial charge in [-0.25, -0.2) is 13.9 Å². The smallest absolute Gasteiger partial charge is 0.224 e. The van der Waals surface area contributed by atoms with Crippen LogP contribution in [0.4, 0.5) is 5.69 Å². The van der Waals surface area contributed by atoms with Gasteiger partial charge >= 0.3 is 0 Å². The Kier molecular flexibility index (Phi) is 9.13. The fourth-order valence-electron chi connectivity index (χ4n) is 3.81. The molecule has 0 aliphatic heterocycles. The maximum Gasteiger partial charge on any atom is 0.224 e. The van der Waals surface area contributed by atoms with Crippen LogP contribution in [-0.4, -0.2) is 34.7 Å². The number of amidine groups is 1. The molecule has 0 aliphatic carbocycles. The van der Waals surface area contributed by atoms with E-state index in [-0.39, 0.29) is 17.8 Å². The summed E-state index contributed by atoms with van der Waals surface area (Å²) in [5.41, 5.74) is 8.73. The van der Waals surface area contributed by atoms with Crippen molar-refractivity contribution in [3.63, 3.8) is 0 Å².